The molecule has 2 fully saturated rings. The van der Waals surface area contributed by atoms with Gasteiger partial charge in [0, 0.05) is 24.8 Å². The monoisotopic (exact) mass is 449 g/mol. The molecule has 3 amide bonds. The van der Waals surface area contributed by atoms with Gasteiger partial charge in [-0.2, -0.15) is 0 Å². The van der Waals surface area contributed by atoms with Gasteiger partial charge < -0.3 is 25.0 Å². The third-order valence-corrected chi connectivity index (χ3v) is 7.13. The quantitative estimate of drug-likeness (QED) is 0.737. The molecule has 7 nitrogen and oxygen atoms in total. The first-order valence-electron chi connectivity index (χ1n) is 12.0. The number of anilines is 1. The number of fused-ring (bicyclic) bond motifs is 1. The largest absolute Gasteiger partial charge is 0.486 e. The summed E-state index contributed by atoms with van der Waals surface area (Å²) < 4.78 is 11.4. The Hall–Kier alpha value is -3.22. The number of ether oxygens (including phenoxy) is 2. The molecule has 1 saturated heterocycles. The van der Waals surface area contributed by atoms with E-state index in [0.29, 0.717) is 26.3 Å². The molecule has 2 aromatic carbocycles. The lowest BCUT2D eigenvalue weighted by Crippen LogP contribution is -2.52. The number of nitrogens with one attached hydrogen (secondary N) is 2. The summed E-state index contributed by atoms with van der Waals surface area (Å²) in [5.41, 5.74) is 1.29. The average Bonchev–Trinajstić information content (AvgIpc) is 3.36. The maximum absolute atomic E-state index is 13.6. The van der Waals surface area contributed by atoms with E-state index in [2.05, 4.69) is 10.6 Å². The van der Waals surface area contributed by atoms with Crippen molar-refractivity contribution in [2.45, 2.75) is 50.0 Å². The molecule has 0 aromatic heterocycles. The highest BCUT2D eigenvalue weighted by atomic mass is 16.6. The Balaban J connectivity index is 1.21. The van der Waals surface area contributed by atoms with Crippen LogP contribution < -0.4 is 20.1 Å². The molecule has 0 bridgehead atoms. The predicted octanol–water partition coefficient (Wildman–Crippen LogP) is 4.08. The minimum Gasteiger partial charge on any atom is -0.486 e. The van der Waals surface area contributed by atoms with Gasteiger partial charge in [0.05, 0.1) is 5.41 Å². The van der Waals surface area contributed by atoms with Crippen LogP contribution in [0.4, 0.5) is 10.5 Å². The van der Waals surface area contributed by atoms with E-state index < -0.39 is 5.41 Å². The highest BCUT2D eigenvalue weighted by Gasteiger charge is 2.44. The van der Waals surface area contributed by atoms with Crippen molar-refractivity contribution in [1.29, 1.82) is 0 Å². The van der Waals surface area contributed by atoms with Crippen molar-refractivity contribution < 1.29 is 19.1 Å². The summed E-state index contributed by atoms with van der Waals surface area (Å²) in [5, 5.41) is 6.26. The molecule has 0 spiro atoms. The van der Waals surface area contributed by atoms with E-state index >= 15 is 0 Å². The summed E-state index contributed by atoms with van der Waals surface area (Å²) in [4.78, 5) is 28.0. The van der Waals surface area contributed by atoms with Crippen LogP contribution in [0.15, 0.2) is 48.5 Å². The van der Waals surface area contributed by atoms with Crippen molar-refractivity contribution in [2.24, 2.45) is 0 Å². The summed E-state index contributed by atoms with van der Waals surface area (Å²) in [6.07, 6.45) is 5.28. The molecule has 2 heterocycles. The number of amides is 3. The lowest BCUT2D eigenvalue weighted by molar-refractivity contribution is -0.127. The molecular formula is C26H31N3O4. The first kappa shape index (κ1) is 21.6. The lowest BCUT2D eigenvalue weighted by Gasteiger charge is -2.36. The highest BCUT2D eigenvalue weighted by Crippen LogP contribution is 2.44. The van der Waals surface area contributed by atoms with Gasteiger partial charge in [-0.1, -0.05) is 37.1 Å². The summed E-state index contributed by atoms with van der Waals surface area (Å²) in [6.45, 7) is 2.34. The van der Waals surface area contributed by atoms with Crippen molar-refractivity contribution in [1.82, 2.24) is 10.2 Å². The maximum atomic E-state index is 13.6. The molecule has 174 valence electrons. The zero-order valence-corrected chi connectivity index (χ0v) is 18.8. The van der Waals surface area contributed by atoms with Gasteiger partial charge in [0.1, 0.15) is 13.2 Å². The second-order valence-electron chi connectivity index (χ2n) is 9.18. The summed E-state index contributed by atoms with van der Waals surface area (Å²) >= 11 is 0. The smallest absolute Gasteiger partial charge is 0.321 e. The topological polar surface area (TPSA) is 79.9 Å². The maximum Gasteiger partial charge on any atom is 0.321 e. The lowest BCUT2D eigenvalue weighted by atomic mass is 9.77. The van der Waals surface area contributed by atoms with Gasteiger partial charge in [-0.25, -0.2) is 4.79 Å². The normalized spacial score (nSPS) is 19.7. The average molecular weight is 450 g/mol. The number of carbonyl (C=O) groups is 2. The fourth-order valence-electron chi connectivity index (χ4n) is 5.24. The molecule has 1 saturated carbocycles. The first-order chi connectivity index (χ1) is 16.1. The van der Waals surface area contributed by atoms with Gasteiger partial charge in [0.25, 0.3) is 0 Å². The van der Waals surface area contributed by atoms with E-state index in [9.17, 15) is 9.59 Å². The van der Waals surface area contributed by atoms with Crippen LogP contribution in [0.1, 0.15) is 44.1 Å². The van der Waals surface area contributed by atoms with E-state index in [1.165, 1.54) is 0 Å². The zero-order valence-electron chi connectivity index (χ0n) is 18.8. The number of carbonyl (C=O) groups excluding carboxylic acids is 2. The molecule has 0 atom stereocenters. The van der Waals surface area contributed by atoms with Gasteiger partial charge in [0.15, 0.2) is 11.5 Å². The van der Waals surface area contributed by atoms with Crippen molar-refractivity contribution in [3.8, 4) is 11.5 Å². The Kier molecular flexibility index (Phi) is 6.11. The van der Waals surface area contributed by atoms with E-state index in [-0.39, 0.29) is 18.0 Å². The van der Waals surface area contributed by atoms with Crippen LogP contribution in [0.3, 0.4) is 0 Å². The highest BCUT2D eigenvalue weighted by molar-refractivity contribution is 5.90. The van der Waals surface area contributed by atoms with Gasteiger partial charge in [-0.15, -0.1) is 0 Å². The number of hydrogen-bond acceptors (Lipinski definition) is 4. The van der Waals surface area contributed by atoms with E-state index in [1.807, 2.05) is 53.4 Å². The summed E-state index contributed by atoms with van der Waals surface area (Å²) in [5.74, 6) is 1.58. The van der Waals surface area contributed by atoms with Crippen molar-refractivity contribution in [2.75, 3.05) is 31.6 Å². The SMILES string of the molecule is O=C(Nc1ccccc1)N1CCC(NC(=O)C2(c3ccc4c(c3)OCCO4)CCCC2)CC1. The van der Waals surface area contributed by atoms with Crippen LogP contribution >= 0.6 is 0 Å². The molecule has 7 heteroatoms. The van der Waals surface area contributed by atoms with Gasteiger partial charge in [-0.05, 0) is 55.5 Å². The predicted molar refractivity (Wildman–Crippen MR) is 126 cm³/mol. The molecule has 2 aromatic rings. The Morgan fingerprint density at radius 1 is 0.909 bits per heavy atom. The van der Waals surface area contributed by atoms with Crippen LogP contribution in [0.25, 0.3) is 0 Å². The summed E-state index contributed by atoms with van der Waals surface area (Å²) in [6, 6.07) is 15.4. The number of rotatable bonds is 4. The Morgan fingerprint density at radius 3 is 2.33 bits per heavy atom. The second kappa shape index (κ2) is 9.33. The fraction of sp³-hybridized carbons (Fsp3) is 0.462. The molecule has 33 heavy (non-hydrogen) atoms. The zero-order chi connectivity index (χ0) is 22.7. The van der Waals surface area contributed by atoms with Crippen LogP contribution in [-0.4, -0.2) is 49.2 Å². The third-order valence-electron chi connectivity index (χ3n) is 7.13. The van der Waals surface area contributed by atoms with E-state index in [1.54, 1.807) is 0 Å². The number of nitrogens with zero attached hydrogens (tertiary/aromatic N) is 1. The van der Waals surface area contributed by atoms with Gasteiger partial charge in [-0.3, -0.25) is 4.79 Å². The van der Waals surface area contributed by atoms with Crippen LogP contribution in [0.5, 0.6) is 11.5 Å². The number of piperidine rings is 1. The minimum absolute atomic E-state index is 0.0768. The molecular weight excluding hydrogens is 418 g/mol. The first-order valence-corrected chi connectivity index (χ1v) is 12.0. The minimum atomic E-state index is -0.516. The molecule has 2 aliphatic heterocycles. The number of urea groups is 1. The summed E-state index contributed by atoms with van der Waals surface area (Å²) in [7, 11) is 0. The van der Waals surface area contributed by atoms with Crippen molar-refractivity contribution in [3.63, 3.8) is 0 Å². The van der Waals surface area contributed by atoms with Crippen LogP contribution in [0, 0.1) is 0 Å². The number of para-hydroxylation sites is 1. The third kappa shape index (κ3) is 4.49. The van der Waals surface area contributed by atoms with E-state index in [0.717, 1.165) is 61.3 Å². The molecule has 1 aliphatic carbocycles. The van der Waals surface area contributed by atoms with Crippen LogP contribution in [-0.2, 0) is 10.2 Å². The second-order valence-corrected chi connectivity index (χ2v) is 9.18. The molecule has 5 rings (SSSR count). The van der Waals surface area contributed by atoms with Crippen LogP contribution in [0.2, 0.25) is 0 Å². The number of hydrogen-bond donors (Lipinski definition) is 2. The molecule has 0 unspecified atom stereocenters. The number of likely N-dealkylation sites (tertiary alicyclic amines) is 1. The number of benzene rings is 2. The molecule has 2 N–H and O–H groups in total. The van der Waals surface area contributed by atoms with Gasteiger partial charge >= 0.3 is 6.03 Å². The Morgan fingerprint density at radius 2 is 1.61 bits per heavy atom. The standard InChI is InChI=1S/C26H31N3O4/c30-24(26(12-4-5-13-26)19-8-9-22-23(18-19)33-17-16-32-22)27-21-10-14-29(15-11-21)25(31)28-20-6-2-1-3-7-20/h1-3,6-9,18,21H,4-5,10-17H2,(H,27,30)(H,28,31). The van der Waals surface area contributed by atoms with Gasteiger partial charge in [0.2, 0.25) is 5.91 Å². The van der Waals surface area contributed by atoms with Crippen molar-refractivity contribution in [3.05, 3.63) is 54.1 Å². The fourth-order valence-corrected chi connectivity index (χ4v) is 5.24. The Bertz CT molecular complexity index is 996. The Labute approximate surface area is 194 Å². The molecule has 3 aliphatic rings. The van der Waals surface area contributed by atoms with Crippen molar-refractivity contribution >= 4 is 17.6 Å². The van der Waals surface area contributed by atoms with E-state index in [4.69, 9.17) is 9.47 Å². The molecule has 0 radical (unpaired) electrons.